The van der Waals surface area contributed by atoms with Gasteiger partial charge in [-0.05, 0) is 32.1 Å². The zero-order valence-electron chi connectivity index (χ0n) is 9.39. The van der Waals surface area contributed by atoms with Crippen molar-refractivity contribution < 1.29 is 17.4 Å². The minimum atomic E-state index is -3.38. The summed E-state index contributed by atoms with van der Waals surface area (Å²) < 4.78 is 26.9. The number of rotatable bonds is 3. The highest BCUT2D eigenvalue weighted by molar-refractivity contribution is 7.86. The van der Waals surface area contributed by atoms with Gasteiger partial charge in [0.2, 0.25) is 0 Å². The average Bonchev–Trinajstić information content (AvgIpc) is 2.05. The average molecular weight is 234 g/mol. The summed E-state index contributed by atoms with van der Waals surface area (Å²) >= 11 is 0. The maximum atomic E-state index is 11.2. The minimum Gasteiger partial charge on any atom is -0.300 e. The van der Waals surface area contributed by atoms with E-state index in [4.69, 9.17) is 4.18 Å². The molecule has 1 aliphatic rings. The van der Waals surface area contributed by atoms with Crippen LogP contribution in [0.25, 0.3) is 0 Å². The van der Waals surface area contributed by atoms with E-state index in [2.05, 4.69) is 0 Å². The second kappa shape index (κ2) is 4.61. The third kappa shape index (κ3) is 3.91. The van der Waals surface area contributed by atoms with Crippen molar-refractivity contribution in [2.45, 2.75) is 39.2 Å². The van der Waals surface area contributed by atoms with Gasteiger partial charge in [0, 0.05) is 5.92 Å². The predicted octanol–water partition coefficient (Wildman–Crippen LogP) is 1.36. The molecule has 3 atom stereocenters. The number of ketones is 1. The van der Waals surface area contributed by atoms with Crippen molar-refractivity contribution in [1.82, 2.24) is 0 Å². The van der Waals surface area contributed by atoms with Gasteiger partial charge in [-0.15, -0.1) is 0 Å². The van der Waals surface area contributed by atoms with Crippen LogP contribution in [0.1, 0.15) is 33.1 Å². The highest BCUT2D eigenvalue weighted by Crippen LogP contribution is 2.32. The molecule has 1 fully saturated rings. The molecule has 0 aliphatic heterocycles. The molecule has 88 valence electrons. The Labute approximate surface area is 91.1 Å². The molecule has 1 saturated carbocycles. The van der Waals surface area contributed by atoms with Crippen LogP contribution in [0.2, 0.25) is 0 Å². The van der Waals surface area contributed by atoms with Crippen LogP contribution in [0, 0.1) is 11.8 Å². The molecule has 0 radical (unpaired) electrons. The lowest BCUT2D eigenvalue weighted by Crippen LogP contribution is -2.33. The Balaban J connectivity index is 2.57. The molecule has 0 aromatic heterocycles. The van der Waals surface area contributed by atoms with Gasteiger partial charge in [0.15, 0.2) is 0 Å². The van der Waals surface area contributed by atoms with E-state index in [0.717, 1.165) is 19.1 Å². The first-order valence-electron chi connectivity index (χ1n) is 5.18. The molecule has 4 nitrogen and oxygen atoms in total. The molecule has 1 unspecified atom stereocenters. The molecule has 1 rings (SSSR count). The first-order chi connectivity index (χ1) is 6.79. The molecule has 0 aromatic rings. The molecule has 1 aliphatic carbocycles. The molecule has 0 spiro atoms. The summed E-state index contributed by atoms with van der Waals surface area (Å²) in [5.74, 6) is 0.404. The van der Waals surface area contributed by atoms with E-state index < -0.39 is 10.1 Å². The highest BCUT2D eigenvalue weighted by atomic mass is 32.2. The summed E-state index contributed by atoms with van der Waals surface area (Å²) in [6, 6.07) is 0. The van der Waals surface area contributed by atoms with E-state index in [0.29, 0.717) is 6.42 Å². The third-order valence-electron chi connectivity index (χ3n) is 2.96. The van der Waals surface area contributed by atoms with Crippen LogP contribution in [0.5, 0.6) is 0 Å². The van der Waals surface area contributed by atoms with Gasteiger partial charge in [0.1, 0.15) is 5.78 Å². The Morgan fingerprint density at radius 3 is 2.33 bits per heavy atom. The van der Waals surface area contributed by atoms with Crippen molar-refractivity contribution in [3.63, 3.8) is 0 Å². The largest absolute Gasteiger partial charge is 0.300 e. The molecule has 15 heavy (non-hydrogen) atoms. The molecule has 0 amide bonds. The monoisotopic (exact) mass is 234 g/mol. The number of carbonyl (C=O) groups excluding carboxylic acids is 1. The van der Waals surface area contributed by atoms with Gasteiger partial charge in [0.25, 0.3) is 10.1 Å². The van der Waals surface area contributed by atoms with Crippen LogP contribution >= 0.6 is 0 Å². The van der Waals surface area contributed by atoms with Crippen LogP contribution < -0.4 is 0 Å². The first-order valence-corrected chi connectivity index (χ1v) is 7.00. The van der Waals surface area contributed by atoms with Crippen LogP contribution in [0.4, 0.5) is 0 Å². The van der Waals surface area contributed by atoms with Crippen molar-refractivity contribution in [3.8, 4) is 0 Å². The van der Waals surface area contributed by atoms with Crippen molar-refractivity contribution in [3.05, 3.63) is 0 Å². The number of hydrogen-bond donors (Lipinski definition) is 0. The van der Waals surface area contributed by atoms with Gasteiger partial charge in [-0.1, -0.05) is 6.92 Å². The lowest BCUT2D eigenvalue weighted by atomic mass is 9.79. The highest BCUT2D eigenvalue weighted by Gasteiger charge is 2.32. The molecule has 0 heterocycles. The predicted molar refractivity (Wildman–Crippen MR) is 56.9 cm³/mol. The van der Waals surface area contributed by atoms with E-state index in [-0.39, 0.29) is 23.7 Å². The quantitative estimate of drug-likeness (QED) is 0.692. The molecule has 0 N–H and O–H groups in total. The summed E-state index contributed by atoms with van der Waals surface area (Å²) in [5.41, 5.74) is 0. The Morgan fingerprint density at radius 1 is 1.33 bits per heavy atom. The second-order valence-electron chi connectivity index (χ2n) is 4.44. The van der Waals surface area contributed by atoms with Crippen molar-refractivity contribution >= 4 is 15.9 Å². The van der Waals surface area contributed by atoms with E-state index in [1.165, 1.54) is 0 Å². The first kappa shape index (κ1) is 12.6. The molecule has 0 saturated heterocycles. The molecule has 0 bridgehead atoms. The van der Waals surface area contributed by atoms with Gasteiger partial charge in [0.05, 0.1) is 12.4 Å². The van der Waals surface area contributed by atoms with Crippen LogP contribution in [-0.4, -0.2) is 26.6 Å². The van der Waals surface area contributed by atoms with E-state index in [9.17, 15) is 13.2 Å². The van der Waals surface area contributed by atoms with Crippen molar-refractivity contribution in [2.24, 2.45) is 11.8 Å². The molecular weight excluding hydrogens is 216 g/mol. The fourth-order valence-electron chi connectivity index (χ4n) is 2.11. The zero-order chi connectivity index (χ0) is 11.6. The number of hydrogen-bond acceptors (Lipinski definition) is 4. The Bertz CT molecular complexity index is 333. The maximum absolute atomic E-state index is 11.2. The Hall–Kier alpha value is -0.420. The van der Waals surface area contributed by atoms with Gasteiger partial charge in [-0.25, -0.2) is 0 Å². The zero-order valence-corrected chi connectivity index (χ0v) is 10.2. The van der Waals surface area contributed by atoms with Crippen molar-refractivity contribution in [2.75, 3.05) is 6.26 Å². The lowest BCUT2D eigenvalue weighted by Gasteiger charge is -2.31. The summed E-state index contributed by atoms with van der Waals surface area (Å²) in [6.45, 7) is 3.53. The van der Waals surface area contributed by atoms with Gasteiger partial charge < -0.3 is 0 Å². The Morgan fingerprint density at radius 2 is 1.93 bits per heavy atom. The topological polar surface area (TPSA) is 60.4 Å². The van der Waals surface area contributed by atoms with E-state index in [1.54, 1.807) is 6.92 Å². The normalized spacial score (nSPS) is 32.6. The third-order valence-corrected chi connectivity index (χ3v) is 3.56. The number of carbonyl (C=O) groups is 1. The van der Waals surface area contributed by atoms with Gasteiger partial charge in [-0.3, -0.25) is 8.98 Å². The van der Waals surface area contributed by atoms with Crippen LogP contribution in [0.15, 0.2) is 0 Å². The maximum Gasteiger partial charge on any atom is 0.264 e. The fourth-order valence-corrected chi connectivity index (χ4v) is 2.84. The van der Waals surface area contributed by atoms with Gasteiger partial charge in [-0.2, -0.15) is 8.42 Å². The van der Waals surface area contributed by atoms with Gasteiger partial charge >= 0.3 is 0 Å². The summed E-state index contributed by atoms with van der Waals surface area (Å²) in [7, 11) is -3.38. The summed E-state index contributed by atoms with van der Waals surface area (Å²) in [5, 5.41) is 0. The van der Waals surface area contributed by atoms with E-state index in [1.807, 2.05) is 6.92 Å². The summed E-state index contributed by atoms with van der Waals surface area (Å²) in [6.07, 6.45) is 2.93. The molecule has 0 aromatic carbocycles. The molecular formula is C10H18O4S. The number of Topliss-reactive ketones (excluding diaryl/α,β-unsaturated/α-hetero) is 1. The van der Waals surface area contributed by atoms with Crippen LogP contribution in [-0.2, 0) is 19.1 Å². The lowest BCUT2D eigenvalue weighted by molar-refractivity contribution is -0.122. The second-order valence-corrected chi connectivity index (χ2v) is 6.04. The van der Waals surface area contributed by atoms with Crippen LogP contribution in [0.3, 0.4) is 0 Å². The molecule has 5 heteroatoms. The minimum absolute atomic E-state index is 0.0828. The smallest absolute Gasteiger partial charge is 0.264 e. The SMILES string of the molecule is CC(=O)C1CC[C@@H](OS(C)(=O)=O)[C@H](C)C1. The summed E-state index contributed by atoms with van der Waals surface area (Å²) in [4.78, 5) is 11.2. The standard InChI is InChI=1S/C10H18O4S/c1-7-6-9(8(2)11)4-5-10(7)14-15(3,12)13/h7,9-10H,4-6H2,1-3H3/t7-,9?,10-/m1/s1. The van der Waals surface area contributed by atoms with E-state index >= 15 is 0 Å². The Kier molecular flexibility index (Phi) is 3.89. The van der Waals surface area contributed by atoms with Crippen molar-refractivity contribution in [1.29, 1.82) is 0 Å². The fraction of sp³-hybridized carbons (Fsp3) is 0.900.